The van der Waals surface area contributed by atoms with Gasteiger partial charge in [-0.05, 0) is 19.3 Å². The lowest BCUT2D eigenvalue weighted by Gasteiger charge is -2.22. The molecule has 3 heterocycles. The zero-order valence-electron chi connectivity index (χ0n) is 14.7. The Labute approximate surface area is 152 Å². The Kier molecular flexibility index (Phi) is 6.14. The molecule has 0 radical (unpaired) electrons. The highest BCUT2D eigenvalue weighted by atomic mass is 32.2. The number of hydrogen-bond acceptors (Lipinski definition) is 5. The number of aryl methyl sites for hydroxylation is 2. The number of nitrogens with one attached hydrogen (secondary N) is 1. The van der Waals surface area contributed by atoms with E-state index in [2.05, 4.69) is 15.3 Å². The van der Waals surface area contributed by atoms with E-state index in [0.29, 0.717) is 5.75 Å². The molecule has 2 aromatic rings. The molecule has 8 heteroatoms. The van der Waals surface area contributed by atoms with Crippen LogP contribution in [-0.4, -0.2) is 49.2 Å². The van der Waals surface area contributed by atoms with Gasteiger partial charge >= 0.3 is 0 Å². The third kappa shape index (κ3) is 4.64. The summed E-state index contributed by atoms with van der Waals surface area (Å²) in [5.41, 5.74) is 0. The molecule has 1 unspecified atom stereocenters. The number of hydrogen-bond donors (Lipinski definition) is 1. The minimum atomic E-state index is -0.362. The second-order valence-corrected chi connectivity index (χ2v) is 7.33. The number of imidazole rings is 2. The number of thioether (sulfide) groups is 1. The Hall–Kier alpha value is -1.80. The number of carbonyl (C=O) groups is 1. The lowest BCUT2D eigenvalue weighted by Crippen LogP contribution is -2.34. The van der Waals surface area contributed by atoms with Crippen molar-refractivity contribution in [1.82, 2.24) is 24.4 Å². The van der Waals surface area contributed by atoms with Gasteiger partial charge in [-0.1, -0.05) is 0 Å². The molecule has 3 rings (SSSR count). The maximum absolute atomic E-state index is 12.5. The van der Waals surface area contributed by atoms with Gasteiger partial charge in [-0.2, -0.15) is 0 Å². The second-order valence-electron chi connectivity index (χ2n) is 6.30. The Morgan fingerprint density at radius 2 is 1.96 bits per heavy atom. The van der Waals surface area contributed by atoms with E-state index in [1.54, 1.807) is 24.2 Å². The van der Waals surface area contributed by atoms with E-state index in [4.69, 9.17) is 4.74 Å². The van der Waals surface area contributed by atoms with Gasteiger partial charge in [-0.3, -0.25) is 4.79 Å². The fourth-order valence-electron chi connectivity index (χ4n) is 2.98. The Balaban J connectivity index is 1.59. The van der Waals surface area contributed by atoms with Crippen LogP contribution in [0.2, 0.25) is 0 Å². The smallest absolute Gasteiger partial charge is 0.230 e. The molecule has 1 amide bonds. The Bertz CT molecular complexity index is 653. The van der Waals surface area contributed by atoms with Gasteiger partial charge in [0.2, 0.25) is 5.91 Å². The molecule has 1 fully saturated rings. The van der Waals surface area contributed by atoms with Crippen LogP contribution < -0.4 is 5.32 Å². The quantitative estimate of drug-likeness (QED) is 0.810. The Morgan fingerprint density at radius 1 is 1.28 bits per heavy atom. The summed E-state index contributed by atoms with van der Waals surface area (Å²) in [7, 11) is 3.83. The van der Waals surface area contributed by atoms with Crippen molar-refractivity contribution in [2.45, 2.75) is 31.4 Å². The molecular formula is C17H25N5O2S. The molecule has 0 bridgehead atoms. The summed E-state index contributed by atoms with van der Waals surface area (Å²) in [5, 5.41) is 3.07. The van der Waals surface area contributed by atoms with Gasteiger partial charge in [0, 0.05) is 51.2 Å². The summed E-state index contributed by atoms with van der Waals surface area (Å²) in [6, 6.07) is -0.362. The van der Waals surface area contributed by atoms with Gasteiger partial charge in [-0.25, -0.2) is 9.97 Å². The van der Waals surface area contributed by atoms with Crippen LogP contribution in [0.1, 0.15) is 37.0 Å². The third-order valence-electron chi connectivity index (χ3n) is 4.35. The minimum absolute atomic E-state index is 0.0168. The van der Waals surface area contributed by atoms with Gasteiger partial charge in [0.1, 0.15) is 17.7 Å². The standard InChI is InChI=1S/C17H25N5O2S/c1-21-8-6-18-16(21)15(17-19-7-9-22(17)2)20-14(23)12-25-11-13-5-3-4-10-24-13/h6-9,13,15H,3-5,10-12H2,1-2H3,(H,20,23). The summed E-state index contributed by atoms with van der Waals surface area (Å²) in [6.07, 6.45) is 10.9. The summed E-state index contributed by atoms with van der Waals surface area (Å²) in [4.78, 5) is 21.2. The van der Waals surface area contributed by atoms with Gasteiger partial charge in [0.15, 0.2) is 0 Å². The van der Waals surface area contributed by atoms with Crippen LogP contribution >= 0.6 is 11.8 Å². The maximum atomic E-state index is 12.5. The minimum Gasteiger partial charge on any atom is -0.377 e. The van der Waals surface area contributed by atoms with Crippen molar-refractivity contribution < 1.29 is 9.53 Å². The molecule has 1 N–H and O–H groups in total. The first-order chi connectivity index (χ1) is 12.1. The predicted molar refractivity (Wildman–Crippen MR) is 97.3 cm³/mol. The van der Waals surface area contributed by atoms with Gasteiger partial charge in [-0.15, -0.1) is 11.8 Å². The molecule has 7 nitrogen and oxygen atoms in total. The molecule has 2 aromatic heterocycles. The topological polar surface area (TPSA) is 74.0 Å². The lowest BCUT2D eigenvalue weighted by molar-refractivity contribution is -0.119. The fraction of sp³-hybridized carbons (Fsp3) is 0.588. The molecule has 0 saturated carbocycles. The van der Waals surface area contributed by atoms with E-state index in [9.17, 15) is 4.79 Å². The molecular weight excluding hydrogens is 338 g/mol. The number of ether oxygens (including phenoxy) is 1. The second kappa shape index (κ2) is 8.53. The van der Waals surface area contributed by atoms with E-state index >= 15 is 0 Å². The monoisotopic (exact) mass is 363 g/mol. The maximum Gasteiger partial charge on any atom is 0.230 e. The van der Waals surface area contributed by atoms with E-state index in [0.717, 1.165) is 36.9 Å². The van der Waals surface area contributed by atoms with Crippen LogP contribution in [-0.2, 0) is 23.6 Å². The average molecular weight is 363 g/mol. The summed E-state index contributed by atoms with van der Waals surface area (Å²) in [5.74, 6) is 2.79. The third-order valence-corrected chi connectivity index (χ3v) is 5.42. The van der Waals surface area contributed by atoms with Gasteiger partial charge < -0.3 is 19.2 Å². The molecule has 136 valence electrons. The fourth-order valence-corrected chi connectivity index (χ4v) is 3.89. The van der Waals surface area contributed by atoms with Crippen LogP contribution in [0.4, 0.5) is 0 Å². The van der Waals surface area contributed by atoms with Crippen molar-refractivity contribution in [2.24, 2.45) is 14.1 Å². The first-order valence-electron chi connectivity index (χ1n) is 8.58. The van der Waals surface area contributed by atoms with Crippen LogP contribution in [0, 0.1) is 0 Å². The first-order valence-corrected chi connectivity index (χ1v) is 9.73. The highest BCUT2D eigenvalue weighted by Crippen LogP contribution is 2.20. The van der Waals surface area contributed by atoms with Crippen molar-refractivity contribution in [3.8, 4) is 0 Å². The molecule has 1 saturated heterocycles. The van der Waals surface area contributed by atoms with Crippen molar-refractivity contribution in [3.63, 3.8) is 0 Å². The summed E-state index contributed by atoms with van der Waals surface area (Å²) in [6.45, 7) is 0.845. The lowest BCUT2D eigenvalue weighted by atomic mass is 10.1. The van der Waals surface area contributed by atoms with Crippen molar-refractivity contribution >= 4 is 17.7 Å². The molecule has 0 aliphatic carbocycles. The van der Waals surface area contributed by atoms with Gasteiger partial charge in [0.25, 0.3) is 0 Å². The molecule has 1 atom stereocenters. The zero-order chi connectivity index (χ0) is 17.6. The summed E-state index contributed by atoms with van der Waals surface area (Å²) < 4.78 is 9.52. The molecule has 1 aliphatic heterocycles. The molecule has 0 spiro atoms. The number of aromatic nitrogens is 4. The number of nitrogens with zero attached hydrogens (tertiary/aromatic N) is 4. The summed E-state index contributed by atoms with van der Waals surface area (Å²) >= 11 is 1.62. The van der Waals surface area contributed by atoms with Crippen molar-refractivity contribution in [2.75, 3.05) is 18.1 Å². The van der Waals surface area contributed by atoms with Crippen LogP contribution in [0.15, 0.2) is 24.8 Å². The van der Waals surface area contributed by atoms with Crippen molar-refractivity contribution in [3.05, 3.63) is 36.4 Å². The van der Waals surface area contributed by atoms with Crippen LogP contribution in [0.5, 0.6) is 0 Å². The SMILES string of the molecule is Cn1ccnc1C(NC(=O)CSCC1CCCCO1)c1nccn1C. The predicted octanol–water partition coefficient (Wildman–Crippen LogP) is 1.66. The van der Waals surface area contributed by atoms with Crippen LogP contribution in [0.25, 0.3) is 0 Å². The van der Waals surface area contributed by atoms with Crippen LogP contribution in [0.3, 0.4) is 0 Å². The van der Waals surface area contributed by atoms with E-state index in [1.165, 1.54) is 6.42 Å². The highest BCUT2D eigenvalue weighted by molar-refractivity contribution is 7.99. The number of carbonyl (C=O) groups excluding carboxylic acids is 1. The van der Waals surface area contributed by atoms with Crippen molar-refractivity contribution in [1.29, 1.82) is 0 Å². The van der Waals surface area contributed by atoms with E-state index in [1.807, 2.05) is 35.6 Å². The normalized spacial score (nSPS) is 17.8. The largest absolute Gasteiger partial charge is 0.377 e. The zero-order valence-corrected chi connectivity index (χ0v) is 15.5. The van der Waals surface area contributed by atoms with E-state index in [-0.39, 0.29) is 18.1 Å². The van der Waals surface area contributed by atoms with E-state index < -0.39 is 0 Å². The molecule has 0 aromatic carbocycles. The Morgan fingerprint density at radius 3 is 2.48 bits per heavy atom. The molecule has 25 heavy (non-hydrogen) atoms. The first kappa shape index (κ1) is 18.0. The number of rotatable bonds is 7. The molecule has 1 aliphatic rings. The highest BCUT2D eigenvalue weighted by Gasteiger charge is 2.24. The number of amides is 1. The van der Waals surface area contributed by atoms with Gasteiger partial charge in [0.05, 0.1) is 11.9 Å². The average Bonchev–Trinajstić information content (AvgIpc) is 3.22.